The molecule has 1 amide bonds. The van der Waals surface area contributed by atoms with Crippen LogP contribution in [0.3, 0.4) is 0 Å². The van der Waals surface area contributed by atoms with Gasteiger partial charge in [0, 0.05) is 6.20 Å². The summed E-state index contributed by atoms with van der Waals surface area (Å²) >= 11 is 0. The lowest BCUT2D eigenvalue weighted by Crippen LogP contribution is -2.25. The van der Waals surface area contributed by atoms with Gasteiger partial charge in [0.2, 0.25) is 5.91 Å². The average molecular weight is 177 g/mol. The zero-order valence-electron chi connectivity index (χ0n) is 7.23. The van der Waals surface area contributed by atoms with Gasteiger partial charge in [-0.2, -0.15) is 0 Å². The van der Waals surface area contributed by atoms with Gasteiger partial charge in [0.15, 0.2) is 0 Å². The molecule has 1 aliphatic heterocycles. The molecular weight excluding hydrogens is 166 g/mol. The van der Waals surface area contributed by atoms with Crippen molar-refractivity contribution in [2.45, 2.75) is 6.54 Å². The highest BCUT2D eigenvalue weighted by Gasteiger charge is 2.19. The third-order valence-corrected chi connectivity index (χ3v) is 2.01. The van der Waals surface area contributed by atoms with Crippen molar-refractivity contribution in [2.24, 2.45) is 0 Å². The van der Waals surface area contributed by atoms with Gasteiger partial charge in [-0.05, 0) is 12.1 Å². The molecule has 2 heterocycles. The van der Waals surface area contributed by atoms with E-state index < -0.39 is 0 Å². The van der Waals surface area contributed by atoms with Crippen LogP contribution in [0.2, 0.25) is 0 Å². The molecule has 0 unspecified atom stereocenters. The number of rotatable bonds is 2. The fraction of sp³-hybridized carbons (Fsp3) is 0.333. The van der Waals surface area contributed by atoms with Gasteiger partial charge in [0.1, 0.15) is 0 Å². The monoisotopic (exact) mass is 177 g/mol. The Morgan fingerprint density at radius 2 is 2.46 bits per heavy atom. The van der Waals surface area contributed by atoms with E-state index in [2.05, 4.69) is 10.3 Å². The van der Waals surface area contributed by atoms with Crippen molar-refractivity contribution in [3.05, 3.63) is 30.1 Å². The molecule has 0 radical (unpaired) electrons. The van der Waals surface area contributed by atoms with Gasteiger partial charge < -0.3 is 4.90 Å². The minimum Gasteiger partial charge on any atom is -0.323 e. The quantitative estimate of drug-likeness (QED) is 0.690. The van der Waals surface area contributed by atoms with Crippen molar-refractivity contribution in [3.63, 3.8) is 0 Å². The zero-order valence-corrected chi connectivity index (χ0v) is 7.23. The molecule has 0 saturated carbocycles. The van der Waals surface area contributed by atoms with E-state index in [4.69, 9.17) is 0 Å². The number of nitrogens with one attached hydrogen (secondary N) is 1. The van der Waals surface area contributed by atoms with Crippen LogP contribution in [-0.4, -0.2) is 29.0 Å². The molecule has 1 aromatic rings. The number of nitrogens with zero attached hydrogens (tertiary/aromatic N) is 2. The fourth-order valence-corrected chi connectivity index (χ4v) is 1.33. The Bertz CT molecular complexity index is 299. The first kappa shape index (κ1) is 8.19. The minimum absolute atomic E-state index is 0.144. The second-order valence-corrected chi connectivity index (χ2v) is 3.00. The van der Waals surface area contributed by atoms with Gasteiger partial charge in [0.25, 0.3) is 0 Å². The Balaban J connectivity index is 2.02. The Labute approximate surface area is 76.6 Å². The minimum atomic E-state index is 0.144. The lowest BCUT2D eigenvalue weighted by atomic mass is 10.3. The summed E-state index contributed by atoms with van der Waals surface area (Å²) in [6.45, 7) is 1.69. The maximum absolute atomic E-state index is 11.2. The van der Waals surface area contributed by atoms with Gasteiger partial charge in [-0.25, -0.2) is 0 Å². The predicted octanol–water partition coefficient (Wildman–Crippen LogP) is -0.0291. The van der Waals surface area contributed by atoms with Gasteiger partial charge in [-0.15, -0.1) is 0 Å². The maximum atomic E-state index is 11.2. The summed E-state index contributed by atoms with van der Waals surface area (Å²) in [6.07, 6.45) is 1.74. The topological polar surface area (TPSA) is 45.2 Å². The number of hydrogen-bond acceptors (Lipinski definition) is 3. The standard InChI is InChI=1S/C9H11N3O/c13-9-5-10-7-12(9)6-8-3-1-2-4-11-8/h1-4,10H,5-7H2. The van der Waals surface area contributed by atoms with E-state index in [9.17, 15) is 4.79 Å². The largest absolute Gasteiger partial charge is 0.323 e. The van der Waals surface area contributed by atoms with Crippen LogP contribution in [0.4, 0.5) is 0 Å². The number of carbonyl (C=O) groups is 1. The van der Waals surface area contributed by atoms with E-state index in [1.165, 1.54) is 0 Å². The summed E-state index contributed by atoms with van der Waals surface area (Å²) < 4.78 is 0. The van der Waals surface area contributed by atoms with Crippen LogP contribution < -0.4 is 5.32 Å². The Hall–Kier alpha value is -1.42. The fourth-order valence-electron chi connectivity index (χ4n) is 1.33. The molecule has 0 bridgehead atoms. The average Bonchev–Trinajstić information content (AvgIpc) is 2.54. The summed E-state index contributed by atoms with van der Waals surface area (Å²) in [5.74, 6) is 0.144. The van der Waals surface area contributed by atoms with Gasteiger partial charge >= 0.3 is 0 Å². The van der Waals surface area contributed by atoms with Crippen LogP contribution in [0.1, 0.15) is 5.69 Å². The first-order valence-corrected chi connectivity index (χ1v) is 4.24. The summed E-state index contributed by atoms with van der Waals surface area (Å²) in [5.41, 5.74) is 0.930. The molecule has 4 heteroatoms. The van der Waals surface area contributed by atoms with Crippen molar-refractivity contribution in [3.8, 4) is 0 Å². The van der Waals surface area contributed by atoms with Crippen LogP contribution >= 0.6 is 0 Å². The molecule has 4 nitrogen and oxygen atoms in total. The molecule has 2 rings (SSSR count). The molecular formula is C9H11N3O. The maximum Gasteiger partial charge on any atom is 0.237 e. The second-order valence-electron chi connectivity index (χ2n) is 3.00. The van der Waals surface area contributed by atoms with Crippen LogP contribution in [0.25, 0.3) is 0 Å². The number of hydrogen-bond donors (Lipinski definition) is 1. The zero-order chi connectivity index (χ0) is 9.10. The van der Waals surface area contributed by atoms with Gasteiger partial charge in [-0.3, -0.25) is 15.1 Å². The third kappa shape index (κ3) is 1.84. The molecule has 0 aromatic carbocycles. The smallest absolute Gasteiger partial charge is 0.237 e. The highest BCUT2D eigenvalue weighted by Crippen LogP contribution is 2.02. The van der Waals surface area contributed by atoms with E-state index in [0.29, 0.717) is 19.8 Å². The second kappa shape index (κ2) is 3.53. The van der Waals surface area contributed by atoms with E-state index in [1.54, 1.807) is 11.1 Å². The van der Waals surface area contributed by atoms with Crippen LogP contribution in [-0.2, 0) is 11.3 Å². The van der Waals surface area contributed by atoms with Crippen LogP contribution in [0, 0.1) is 0 Å². The number of amides is 1. The van der Waals surface area contributed by atoms with Crippen LogP contribution in [0.5, 0.6) is 0 Å². The normalized spacial score (nSPS) is 16.6. The van der Waals surface area contributed by atoms with E-state index in [0.717, 1.165) is 5.69 Å². The summed E-state index contributed by atoms with van der Waals surface area (Å²) in [4.78, 5) is 17.1. The highest BCUT2D eigenvalue weighted by atomic mass is 16.2. The van der Waals surface area contributed by atoms with E-state index >= 15 is 0 Å². The van der Waals surface area contributed by atoms with E-state index in [1.807, 2.05) is 18.2 Å². The predicted molar refractivity (Wildman–Crippen MR) is 47.7 cm³/mol. The van der Waals surface area contributed by atoms with Crippen molar-refractivity contribution < 1.29 is 4.79 Å². The van der Waals surface area contributed by atoms with Crippen molar-refractivity contribution >= 4 is 5.91 Å². The molecule has 1 saturated heterocycles. The Morgan fingerprint density at radius 1 is 1.54 bits per heavy atom. The number of carbonyl (C=O) groups excluding carboxylic acids is 1. The molecule has 1 fully saturated rings. The molecule has 1 aromatic heterocycles. The Kier molecular flexibility index (Phi) is 2.23. The molecule has 1 aliphatic rings. The summed E-state index contributed by atoms with van der Waals surface area (Å²) in [6, 6.07) is 5.72. The number of aromatic nitrogens is 1. The summed E-state index contributed by atoms with van der Waals surface area (Å²) in [7, 11) is 0. The molecule has 68 valence electrons. The molecule has 1 N–H and O–H groups in total. The third-order valence-electron chi connectivity index (χ3n) is 2.01. The first-order chi connectivity index (χ1) is 6.36. The molecule has 13 heavy (non-hydrogen) atoms. The SMILES string of the molecule is O=C1CNCN1Cc1ccccn1. The van der Waals surface area contributed by atoms with Gasteiger partial charge in [-0.1, -0.05) is 6.07 Å². The number of pyridine rings is 1. The molecule has 0 spiro atoms. The lowest BCUT2D eigenvalue weighted by Gasteiger charge is -2.13. The van der Waals surface area contributed by atoms with Crippen LogP contribution in [0.15, 0.2) is 24.4 Å². The van der Waals surface area contributed by atoms with Crippen molar-refractivity contribution in [2.75, 3.05) is 13.2 Å². The van der Waals surface area contributed by atoms with Crippen molar-refractivity contribution in [1.29, 1.82) is 0 Å². The Morgan fingerprint density at radius 3 is 3.08 bits per heavy atom. The summed E-state index contributed by atoms with van der Waals surface area (Å²) in [5, 5.41) is 2.99. The lowest BCUT2D eigenvalue weighted by molar-refractivity contribution is -0.127. The van der Waals surface area contributed by atoms with Gasteiger partial charge in [0.05, 0.1) is 25.5 Å². The molecule has 0 aliphatic carbocycles. The first-order valence-electron chi connectivity index (χ1n) is 4.24. The van der Waals surface area contributed by atoms with Crippen molar-refractivity contribution in [1.82, 2.24) is 15.2 Å². The highest BCUT2D eigenvalue weighted by molar-refractivity contribution is 5.79. The van der Waals surface area contributed by atoms with E-state index in [-0.39, 0.29) is 5.91 Å². The molecule has 0 atom stereocenters.